The number of ether oxygens (including phenoxy) is 1. The number of halogens is 1. The highest BCUT2D eigenvalue weighted by Crippen LogP contribution is 2.39. The number of hydrogen-bond acceptors (Lipinski definition) is 7. The van der Waals surface area contributed by atoms with Gasteiger partial charge in [0.25, 0.3) is 0 Å². The molecule has 9 nitrogen and oxygen atoms in total. The first-order valence-electron chi connectivity index (χ1n) is 13.1. The lowest BCUT2D eigenvalue weighted by Crippen LogP contribution is -2.12. The van der Waals surface area contributed by atoms with E-state index in [4.69, 9.17) is 15.0 Å². The minimum absolute atomic E-state index is 0.0231. The van der Waals surface area contributed by atoms with E-state index in [0.29, 0.717) is 34.7 Å². The van der Waals surface area contributed by atoms with Gasteiger partial charge in [0.15, 0.2) is 5.69 Å². The molecule has 42 heavy (non-hydrogen) atoms. The van der Waals surface area contributed by atoms with E-state index in [9.17, 15) is 22.7 Å². The number of rotatable bonds is 10. The number of aromatic nitrogens is 3. The number of aromatic carboxylic acids is 1. The lowest BCUT2D eigenvalue weighted by Gasteiger charge is -2.10. The van der Waals surface area contributed by atoms with E-state index in [-0.39, 0.29) is 16.4 Å². The number of benzene rings is 3. The van der Waals surface area contributed by atoms with Crippen LogP contribution < -0.4 is 9.88 Å². The van der Waals surface area contributed by atoms with Gasteiger partial charge in [-0.25, -0.2) is 32.4 Å². The molecule has 214 valence electrons. The smallest absolute Gasteiger partial charge is 0.355 e. The topological polar surface area (TPSA) is 137 Å². The van der Waals surface area contributed by atoms with Gasteiger partial charge in [0, 0.05) is 22.9 Å². The molecule has 12 heteroatoms. The van der Waals surface area contributed by atoms with Crippen molar-refractivity contribution in [3.05, 3.63) is 107 Å². The van der Waals surface area contributed by atoms with Crippen molar-refractivity contribution in [1.29, 1.82) is 0 Å². The van der Waals surface area contributed by atoms with Crippen LogP contribution in [-0.4, -0.2) is 34.3 Å². The van der Waals surface area contributed by atoms with Crippen molar-refractivity contribution in [2.24, 2.45) is 11.1 Å². The van der Waals surface area contributed by atoms with Crippen LogP contribution in [0.1, 0.15) is 40.2 Å². The summed E-state index contributed by atoms with van der Waals surface area (Å²) in [4.78, 5) is 15.9. The Bertz CT molecular complexity index is 1880. The highest BCUT2D eigenvalue weighted by molar-refractivity contribution is 7.89. The third kappa shape index (κ3) is 6.10. The molecule has 5 aromatic rings. The molecule has 1 saturated carbocycles. The molecule has 0 aliphatic heterocycles. The molecule has 0 bridgehead atoms. The summed E-state index contributed by atoms with van der Waals surface area (Å²) in [5.41, 5.74) is 4.05. The van der Waals surface area contributed by atoms with Crippen LogP contribution in [0.25, 0.3) is 16.4 Å². The van der Waals surface area contributed by atoms with Crippen LogP contribution >= 0.6 is 11.3 Å². The number of carbonyl (C=O) groups is 1. The third-order valence-corrected chi connectivity index (χ3v) is 8.70. The van der Waals surface area contributed by atoms with E-state index in [1.165, 1.54) is 41.0 Å². The number of nitrogens with zero attached hydrogens (tertiary/aromatic N) is 3. The molecule has 0 amide bonds. The van der Waals surface area contributed by atoms with E-state index in [2.05, 4.69) is 4.98 Å². The van der Waals surface area contributed by atoms with Crippen LogP contribution in [0, 0.1) is 11.7 Å². The summed E-state index contributed by atoms with van der Waals surface area (Å²) < 4.78 is 44.7. The summed E-state index contributed by atoms with van der Waals surface area (Å²) in [7, 11) is -3.84. The molecule has 0 atom stereocenters. The van der Waals surface area contributed by atoms with Crippen molar-refractivity contribution in [3.63, 3.8) is 0 Å². The van der Waals surface area contributed by atoms with Crippen molar-refractivity contribution >= 4 is 27.3 Å². The molecule has 1 aliphatic rings. The lowest BCUT2D eigenvalue weighted by atomic mass is 9.97. The maximum absolute atomic E-state index is 13.4. The summed E-state index contributed by atoms with van der Waals surface area (Å²) in [6, 6.07) is 19.5. The molecule has 1 aliphatic carbocycles. The summed E-state index contributed by atoms with van der Waals surface area (Å²) in [6.07, 6.45) is 3.33. The van der Waals surface area contributed by atoms with E-state index >= 15 is 0 Å². The van der Waals surface area contributed by atoms with Gasteiger partial charge in [-0.1, -0.05) is 24.3 Å². The average Bonchev–Trinajstić information content (AvgIpc) is 3.52. The van der Waals surface area contributed by atoms with Crippen LogP contribution in [0.4, 0.5) is 4.39 Å². The van der Waals surface area contributed by atoms with Crippen LogP contribution in [0.2, 0.25) is 0 Å². The first-order valence-corrected chi connectivity index (χ1v) is 15.5. The van der Waals surface area contributed by atoms with Gasteiger partial charge in [-0.2, -0.15) is 5.10 Å². The van der Waals surface area contributed by atoms with Crippen LogP contribution in [-0.2, 0) is 22.9 Å². The molecular formula is C30H25FN4O5S2. The maximum atomic E-state index is 13.4. The van der Waals surface area contributed by atoms with Gasteiger partial charge < -0.3 is 9.84 Å². The fourth-order valence-electron chi connectivity index (χ4n) is 4.67. The molecule has 2 heterocycles. The molecule has 2 aromatic heterocycles. The second-order valence-corrected chi connectivity index (χ2v) is 12.5. The van der Waals surface area contributed by atoms with E-state index in [1.807, 2.05) is 18.2 Å². The molecular weight excluding hydrogens is 579 g/mol. The van der Waals surface area contributed by atoms with E-state index in [0.717, 1.165) is 41.6 Å². The van der Waals surface area contributed by atoms with Gasteiger partial charge in [0.05, 0.1) is 16.3 Å². The number of carboxylic acid groups (broad SMARTS) is 1. The largest absolute Gasteiger partial charge is 0.476 e. The highest BCUT2D eigenvalue weighted by Gasteiger charge is 2.29. The Morgan fingerprint density at radius 1 is 1.07 bits per heavy atom. The van der Waals surface area contributed by atoms with Crippen molar-refractivity contribution < 1.29 is 27.4 Å². The molecule has 0 radical (unpaired) electrons. The Morgan fingerprint density at radius 3 is 2.45 bits per heavy atom. The molecule has 0 spiro atoms. The second kappa shape index (κ2) is 11.1. The van der Waals surface area contributed by atoms with Crippen molar-refractivity contribution in [2.75, 3.05) is 0 Å². The van der Waals surface area contributed by atoms with Gasteiger partial charge in [-0.15, -0.1) is 11.3 Å². The van der Waals surface area contributed by atoms with Crippen molar-refractivity contribution in [3.8, 4) is 27.9 Å². The van der Waals surface area contributed by atoms with E-state index in [1.54, 1.807) is 35.0 Å². The fourth-order valence-corrected chi connectivity index (χ4v) is 5.96. The van der Waals surface area contributed by atoms with E-state index < -0.39 is 16.0 Å². The monoisotopic (exact) mass is 604 g/mol. The summed E-state index contributed by atoms with van der Waals surface area (Å²) in [5, 5.41) is 21.7. The van der Waals surface area contributed by atoms with Gasteiger partial charge in [-0.3, -0.25) is 0 Å². The Labute approximate surface area is 245 Å². The fraction of sp³-hybridized carbons (Fsp3) is 0.167. The van der Waals surface area contributed by atoms with Crippen LogP contribution in [0.5, 0.6) is 11.5 Å². The maximum Gasteiger partial charge on any atom is 0.355 e. The molecule has 3 aromatic carbocycles. The normalized spacial score (nSPS) is 13.3. The lowest BCUT2D eigenvalue weighted by molar-refractivity contribution is 0.0691. The zero-order valence-electron chi connectivity index (χ0n) is 22.1. The van der Waals surface area contributed by atoms with Gasteiger partial charge >= 0.3 is 5.97 Å². The number of primary sulfonamides is 1. The van der Waals surface area contributed by atoms with Gasteiger partial charge in [0.1, 0.15) is 17.3 Å². The standard InChI is InChI=1S/C30H25FN4O5S2/c31-21-8-10-22(11-9-21)40-23-3-1-2-20(16-23)28-25(14-18-6-12-24(13-7-18)42(32,38)39)27(15-19-4-5-19)35(34-28)30-33-26(17-41-30)29(36)37/h1-3,6-13,16-17,19H,4-5,14-15H2,(H,36,37)(H2,32,38,39). The number of thiazole rings is 1. The first-order chi connectivity index (χ1) is 20.1. The molecule has 3 N–H and O–H groups in total. The number of carboxylic acids is 1. The SMILES string of the molecule is NS(=O)(=O)c1ccc(Cc2c(-c3cccc(Oc4ccc(F)cc4)c3)nn(-c3nc(C(=O)O)cs3)c2CC2CC2)cc1. The summed E-state index contributed by atoms with van der Waals surface area (Å²) in [5.74, 6) is 0.00836. The molecule has 0 saturated heterocycles. The van der Waals surface area contributed by atoms with Gasteiger partial charge in [-0.05, 0) is 79.3 Å². The minimum atomic E-state index is -3.84. The average molecular weight is 605 g/mol. The van der Waals surface area contributed by atoms with Crippen molar-refractivity contribution in [1.82, 2.24) is 14.8 Å². The third-order valence-electron chi connectivity index (χ3n) is 6.95. The number of sulfonamides is 1. The zero-order valence-corrected chi connectivity index (χ0v) is 23.7. The summed E-state index contributed by atoms with van der Waals surface area (Å²) >= 11 is 1.20. The highest BCUT2D eigenvalue weighted by atomic mass is 32.2. The van der Waals surface area contributed by atoms with Crippen LogP contribution in [0.3, 0.4) is 0 Å². The second-order valence-electron chi connectivity index (χ2n) is 10.1. The zero-order chi connectivity index (χ0) is 29.4. The van der Waals surface area contributed by atoms with Crippen molar-refractivity contribution in [2.45, 2.75) is 30.6 Å². The predicted molar refractivity (Wildman–Crippen MR) is 155 cm³/mol. The molecule has 1 fully saturated rings. The first kappa shape index (κ1) is 27.8. The molecule has 6 rings (SSSR count). The minimum Gasteiger partial charge on any atom is -0.476 e. The Balaban J connectivity index is 1.46. The number of hydrogen-bond donors (Lipinski definition) is 2. The summed E-state index contributed by atoms with van der Waals surface area (Å²) in [6.45, 7) is 0. The number of nitrogens with two attached hydrogens (primary N) is 1. The Hall–Kier alpha value is -4.39. The predicted octanol–water partition coefficient (Wildman–Crippen LogP) is 5.82. The quantitative estimate of drug-likeness (QED) is 0.205. The van der Waals surface area contributed by atoms with Gasteiger partial charge in [0.2, 0.25) is 15.2 Å². The molecule has 0 unspecified atom stereocenters. The Kier molecular flexibility index (Phi) is 7.35. The Morgan fingerprint density at radius 2 is 1.81 bits per heavy atom. The van der Waals surface area contributed by atoms with Crippen LogP contribution in [0.15, 0.2) is 83.1 Å².